The summed E-state index contributed by atoms with van der Waals surface area (Å²) in [5, 5.41) is 3.55. The first-order valence-corrected chi connectivity index (χ1v) is 4.17. The Morgan fingerprint density at radius 1 is 1.45 bits per heavy atom. The highest BCUT2D eigenvalue weighted by molar-refractivity contribution is 5.66. The van der Waals surface area contributed by atoms with Gasteiger partial charge in [-0.25, -0.2) is 0 Å². The molecule has 0 aromatic heterocycles. The summed E-state index contributed by atoms with van der Waals surface area (Å²) < 4.78 is 0. The van der Waals surface area contributed by atoms with Crippen molar-refractivity contribution in [1.29, 1.82) is 0 Å². The maximum absolute atomic E-state index is 3.55. The van der Waals surface area contributed by atoms with E-state index in [-0.39, 0.29) is 0 Å². The van der Waals surface area contributed by atoms with Gasteiger partial charge in [0.1, 0.15) is 0 Å². The van der Waals surface area contributed by atoms with Gasteiger partial charge in [0.05, 0.1) is 0 Å². The SMILES string of the molecule is C[C@@]12CC1c1ccccc1N2. The Morgan fingerprint density at radius 3 is 3.09 bits per heavy atom. The fourth-order valence-corrected chi connectivity index (χ4v) is 2.18. The van der Waals surface area contributed by atoms with E-state index < -0.39 is 0 Å². The molecule has 1 heterocycles. The van der Waals surface area contributed by atoms with E-state index in [1.54, 1.807) is 0 Å². The van der Waals surface area contributed by atoms with Crippen LogP contribution in [0.4, 0.5) is 5.69 Å². The zero-order chi connectivity index (χ0) is 7.47. The summed E-state index contributed by atoms with van der Waals surface area (Å²) >= 11 is 0. The minimum Gasteiger partial charge on any atom is -0.379 e. The van der Waals surface area contributed by atoms with E-state index in [1.807, 2.05) is 0 Å². The molecular weight excluding hydrogens is 134 g/mol. The number of para-hydroxylation sites is 1. The Bertz CT molecular complexity index is 318. The van der Waals surface area contributed by atoms with Gasteiger partial charge in [-0.3, -0.25) is 0 Å². The molecule has 1 unspecified atom stereocenters. The summed E-state index contributed by atoms with van der Waals surface area (Å²) in [4.78, 5) is 0. The van der Waals surface area contributed by atoms with Crippen LogP contribution >= 0.6 is 0 Å². The third kappa shape index (κ3) is 0.566. The molecule has 1 heteroatoms. The fourth-order valence-electron chi connectivity index (χ4n) is 2.18. The molecule has 0 bridgehead atoms. The first-order chi connectivity index (χ1) is 5.30. The van der Waals surface area contributed by atoms with Gasteiger partial charge in [0.25, 0.3) is 0 Å². The Labute approximate surface area is 66.4 Å². The van der Waals surface area contributed by atoms with Crippen LogP contribution in [0.1, 0.15) is 24.8 Å². The minimum absolute atomic E-state index is 0.420. The van der Waals surface area contributed by atoms with Crippen molar-refractivity contribution in [3.63, 3.8) is 0 Å². The zero-order valence-electron chi connectivity index (χ0n) is 6.59. The van der Waals surface area contributed by atoms with Crippen LogP contribution in [-0.4, -0.2) is 5.54 Å². The molecule has 0 saturated heterocycles. The lowest BCUT2D eigenvalue weighted by Crippen LogP contribution is -2.12. The molecule has 11 heavy (non-hydrogen) atoms. The second kappa shape index (κ2) is 1.45. The number of hydrogen-bond donors (Lipinski definition) is 1. The number of fused-ring (bicyclic) bond motifs is 3. The molecule has 56 valence electrons. The number of nitrogens with one attached hydrogen (secondary N) is 1. The average Bonchev–Trinajstić information content (AvgIpc) is 2.56. The molecule has 1 N–H and O–H groups in total. The van der Waals surface area contributed by atoms with Gasteiger partial charge in [-0.05, 0) is 25.0 Å². The second-order valence-electron chi connectivity index (χ2n) is 3.89. The number of rotatable bonds is 0. The molecule has 2 aliphatic rings. The predicted molar refractivity (Wildman–Crippen MR) is 45.8 cm³/mol. The number of hydrogen-bond acceptors (Lipinski definition) is 1. The van der Waals surface area contributed by atoms with E-state index in [0.29, 0.717) is 5.54 Å². The molecular formula is C10H11N. The van der Waals surface area contributed by atoms with Crippen LogP contribution in [0.3, 0.4) is 0 Å². The third-order valence-electron chi connectivity index (χ3n) is 2.99. The van der Waals surface area contributed by atoms with Crippen molar-refractivity contribution in [3.8, 4) is 0 Å². The van der Waals surface area contributed by atoms with Gasteiger partial charge in [-0.1, -0.05) is 18.2 Å². The van der Waals surface area contributed by atoms with Gasteiger partial charge in [0.15, 0.2) is 0 Å². The summed E-state index contributed by atoms with van der Waals surface area (Å²) in [5.74, 6) is 0.804. The van der Waals surface area contributed by atoms with Crippen LogP contribution in [0, 0.1) is 0 Å². The molecule has 0 spiro atoms. The van der Waals surface area contributed by atoms with E-state index >= 15 is 0 Å². The highest BCUT2D eigenvalue weighted by Crippen LogP contribution is 2.60. The smallest absolute Gasteiger partial charge is 0.0422 e. The lowest BCUT2D eigenvalue weighted by atomic mass is 10.1. The summed E-state index contributed by atoms with van der Waals surface area (Å²) in [6.07, 6.45) is 1.32. The summed E-state index contributed by atoms with van der Waals surface area (Å²) in [7, 11) is 0. The third-order valence-corrected chi connectivity index (χ3v) is 2.99. The van der Waals surface area contributed by atoms with Crippen molar-refractivity contribution in [2.75, 3.05) is 5.32 Å². The molecule has 1 saturated carbocycles. The van der Waals surface area contributed by atoms with Gasteiger partial charge < -0.3 is 5.32 Å². The van der Waals surface area contributed by atoms with Gasteiger partial charge in [0.2, 0.25) is 0 Å². The van der Waals surface area contributed by atoms with Crippen molar-refractivity contribution in [2.24, 2.45) is 0 Å². The summed E-state index contributed by atoms with van der Waals surface area (Å²) in [6, 6.07) is 8.64. The molecule has 1 aliphatic carbocycles. The zero-order valence-corrected chi connectivity index (χ0v) is 6.59. The molecule has 2 atom stereocenters. The van der Waals surface area contributed by atoms with E-state index in [9.17, 15) is 0 Å². The second-order valence-corrected chi connectivity index (χ2v) is 3.89. The molecule has 3 rings (SSSR count). The van der Waals surface area contributed by atoms with Crippen LogP contribution in [0.2, 0.25) is 0 Å². The molecule has 0 radical (unpaired) electrons. The van der Waals surface area contributed by atoms with Gasteiger partial charge in [-0.2, -0.15) is 0 Å². The van der Waals surface area contributed by atoms with E-state index in [4.69, 9.17) is 0 Å². The van der Waals surface area contributed by atoms with Gasteiger partial charge in [0, 0.05) is 17.1 Å². The first kappa shape index (κ1) is 5.64. The molecule has 1 aromatic carbocycles. The van der Waals surface area contributed by atoms with Crippen LogP contribution < -0.4 is 5.32 Å². The largest absolute Gasteiger partial charge is 0.379 e. The lowest BCUT2D eigenvalue weighted by molar-refractivity contribution is 0.825. The fraction of sp³-hybridized carbons (Fsp3) is 0.400. The van der Waals surface area contributed by atoms with Gasteiger partial charge in [-0.15, -0.1) is 0 Å². The summed E-state index contributed by atoms with van der Waals surface area (Å²) in [5.41, 5.74) is 3.30. The lowest BCUT2D eigenvalue weighted by Gasteiger charge is -2.07. The highest BCUT2D eigenvalue weighted by atomic mass is 15.1. The first-order valence-electron chi connectivity index (χ1n) is 4.17. The topological polar surface area (TPSA) is 12.0 Å². The highest BCUT2D eigenvalue weighted by Gasteiger charge is 2.56. The maximum atomic E-state index is 3.55. The van der Waals surface area contributed by atoms with Crippen molar-refractivity contribution >= 4 is 5.69 Å². The van der Waals surface area contributed by atoms with Crippen LogP contribution in [0.5, 0.6) is 0 Å². The average molecular weight is 145 g/mol. The monoisotopic (exact) mass is 145 g/mol. The Hall–Kier alpha value is -0.980. The maximum Gasteiger partial charge on any atom is 0.0422 e. The van der Waals surface area contributed by atoms with Crippen molar-refractivity contribution in [3.05, 3.63) is 29.8 Å². The van der Waals surface area contributed by atoms with Crippen LogP contribution in [0.15, 0.2) is 24.3 Å². The molecule has 1 aromatic rings. The Balaban J connectivity index is 2.18. The molecule has 1 aliphatic heterocycles. The molecule has 1 nitrogen and oxygen atoms in total. The summed E-state index contributed by atoms with van der Waals surface area (Å²) in [6.45, 7) is 2.30. The normalized spacial score (nSPS) is 37.4. The van der Waals surface area contributed by atoms with Crippen LogP contribution in [-0.2, 0) is 0 Å². The van der Waals surface area contributed by atoms with Crippen molar-refractivity contribution < 1.29 is 0 Å². The minimum atomic E-state index is 0.420. The molecule has 1 fully saturated rings. The number of benzene rings is 1. The van der Waals surface area contributed by atoms with Gasteiger partial charge >= 0.3 is 0 Å². The molecule has 0 amide bonds. The van der Waals surface area contributed by atoms with E-state index in [0.717, 1.165) is 5.92 Å². The Kier molecular flexibility index (Phi) is 0.743. The van der Waals surface area contributed by atoms with Crippen molar-refractivity contribution in [1.82, 2.24) is 0 Å². The van der Waals surface area contributed by atoms with E-state index in [1.165, 1.54) is 17.7 Å². The quantitative estimate of drug-likeness (QED) is 0.591. The van der Waals surface area contributed by atoms with E-state index in [2.05, 4.69) is 36.5 Å². The number of anilines is 1. The standard InChI is InChI=1S/C10H11N/c1-10-6-8(10)7-4-2-3-5-9(7)11-10/h2-5,8,11H,6H2,1H3/t8?,10-/m1/s1. The predicted octanol–water partition coefficient (Wildman–Crippen LogP) is 2.36. The van der Waals surface area contributed by atoms with Crippen molar-refractivity contribution in [2.45, 2.75) is 24.8 Å². The Morgan fingerprint density at radius 2 is 2.27 bits per heavy atom. The van der Waals surface area contributed by atoms with Crippen LogP contribution in [0.25, 0.3) is 0 Å².